The molecule has 0 unspecified atom stereocenters. The van der Waals surface area contributed by atoms with Crippen LogP contribution in [0.5, 0.6) is 0 Å². The van der Waals surface area contributed by atoms with Crippen molar-refractivity contribution < 1.29 is 14.3 Å². The number of esters is 1. The van der Waals surface area contributed by atoms with Crippen LogP contribution in [0, 0.1) is 6.92 Å². The van der Waals surface area contributed by atoms with E-state index in [1.54, 1.807) is 18.3 Å². The number of likely N-dealkylation sites (tertiary alicyclic amines) is 1. The van der Waals surface area contributed by atoms with Crippen molar-refractivity contribution in [2.45, 2.75) is 52.4 Å². The summed E-state index contributed by atoms with van der Waals surface area (Å²) in [5.74, 6) is -0.416. The Kier molecular flexibility index (Phi) is 8.30. The van der Waals surface area contributed by atoms with Gasteiger partial charge >= 0.3 is 5.97 Å². The number of carbonyl (C=O) groups is 1. The minimum absolute atomic E-state index is 0.260. The second-order valence-electron chi connectivity index (χ2n) is 11.6. The number of benzene rings is 3. The summed E-state index contributed by atoms with van der Waals surface area (Å²) in [7, 11) is 2.10. The topological polar surface area (TPSA) is 89.7 Å². The number of hydrogen-bond donors (Lipinski definition) is 2. The fraction of sp³-hybridized carbons (Fsp3) is 0.375. The molecule has 1 atom stereocenters. The lowest BCUT2D eigenvalue weighted by molar-refractivity contribution is -0.166. The Morgan fingerprint density at radius 2 is 1.85 bits per heavy atom. The number of carbonyl (C=O) groups excluding carboxylic acids is 1. The van der Waals surface area contributed by atoms with Crippen molar-refractivity contribution in [2.24, 2.45) is 0 Å². The van der Waals surface area contributed by atoms with Gasteiger partial charge in [0.05, 0.1) is 39.8 Å². The highest BCUT2D eigenvalue weighted by molar-refractivity contribution is 7.22. The van der Waals surface area contributed by atoms with Gasteiger partial charge in [-0.2, -0.15) is 0 Å². The second-order valence-corrected chi connectivity index (χ2v) is 13.0. The molecule has 7 nitrogen and oxygen atoms in total. The minimum atomic E-state index is -0.913. The van der Waals surface area contributed by atoms with E-state index in [2.05, 4.69) is 23.3 Å². The lowest BCUT2D eigenvalue weighted by Gasteiger charge is -2.37. The first kappa shape index (κ1) is 29.3. The smallest absolute Gasteiger partial charge is 0.339 e. The van der Waals surface area contributed by atoms with Gasteiger partial charge in [-0.15, -0.1) is 11.3 Å². The van der Waals surface area contributed by atoms with Crippen LogP contribution in [0.3, 0.4) is 0 Å². The summed E-state index contributed by atoms with van der Waals surface area (Å²) in [6, 6.07) is 16.1. The molecule has 0 radical (unpaired) electrons. The van der Waals surface area contributed by atoms with Crippen LogP contribution in [0.25, 0.3) is 31.9 Å². The zero-order valence-electron chi connectivity index (χ0n) is 24.4. The fourth-order valence-electron chi connectivity index (χ4n) is 5.20. The number of nitrogens with two attached hydrogens (primary N) is 1. The van der Waals surface area contributed by atoms with Gasteiger partial charge in [0.15, 0.2) is 6.10 Å². The molecule has 0 saturated carbocycles. The number of aromatic nitrogens is 1. The van der Waals surface area contributed by atoms with Gasteiger partial charge in [-0.1, -0.05) is 23.7 Å². The molecule has 5 rings (SSSR count). The third-order valence-electron chi connectivity index (χ3n) is 7.02. The lowest BCUT2D eigenvalue weighted by Crippen LogP contribution is -2.52. The van der Waals surface area contributed by atoms with Crippen LogP contribution in [0.2, 0.25) is 5.02 Å². The molecule has 9 heteroatoms. The summed E-state index contributed by atoms with van der Waals surface area (Å²) >= 11 is 7.86. The molecule has 1 aliphatic heterocycles. The first-order valence-corrected chi connectivity index (χ1v) is 15.0. The van der Waals surface area contributed by atoms with Crippen molar-refractivity contribution in [1.29, 1.82) is 0 Å². The van der Waals surface area contributed by atoms with Crippen LogP contribution in [0.15, 0.2) is 48.5 Å². The van der Waals surface area contributed by atoms with Gasteiger partial charge in [0.25, 0.3) is 0 Å². The molecule has 3 N–H and O–H groups in total. The van der Waals surface area contributed by atoms with E-state index in [4.69, 9.17) is 31.8 Å². The highest BCUT2D eigenvalue weighted by Gasteiger charge is 2.33. The number of rotatable bonds is 8. The number of nitrogen functional groups attached to an aromatic ring is 1. The summed E-state index contributed by atoms with van der Waals surface area (Å²) in [4.78, 5) is 20.7. The van der Waals surface area contributed by atoms with Crippen molar-refractivity contribution in [3.05, 3.63) is 64.7 Å². The molecule has 3 aromatic carbocycles. The third kappa shape index (κ3) is 6.36. The molecular formula is C32H37ClN4O3S. The molecule has 0 aliphatic carbocycles. The van der Waals surface area contributed by atoms with Crippen molar-refractivity contribution in [2.75, 3.05) is 37.8 Å². The van der Waals surface area contributed by atoms with Gasteiger partial charge in [0.1, 0.15) is 5.01 Å². The normalized spacial score (nSPS) is 15.1. The standard InChI is InChI=1S/C32H37ClN4O3S/c1-7-39-31(38)28(40-32(3,4)5)26-18(2)14-25-29(27(26)19-8-11-21(33)12-9-19)41-30(36-25)20-10-13-23(34)24(15-20)35-22-16-37(6)17-22/h8-15,22,28,35H,7,16-17,34H2,1-6H3/t28-/m0/s1. The van der Waals surface area contributed by atoms with Gasteiger partial charge in [-0.05, 0) is 89.2 Å². The summed E-state index contributed by atoms with van der Waals surface area (Å²) in [6.07, 6.45) is -0.913. The molecule has 1 aliphatic rings. The number of nitrogens with zero attached hydrogens (tertiary/aromatic N) is 2. The van der Waals surface area contributed by atoms with Gasteiger partial charge in [-0.25, -0.2) is 9.78 Å². The zero-order valence-corrected chi connectivity index (χ0v) is 25.9. The first-order valence-electron chi connectivity index (χ1n) is 13.8. The molecule has 1 aromatic heterocycles. The van der Waals surface area contributed by atoms with E-state index in [1.807, 2.05) is 70.2 Å². The van der Waals surface area contributed by atoms with E-state index in [0.29, 0.717) is 16.8 Å². The van der Waals surface area contributed by atoms with Crippen molar-refractivity contribution in [1.82, 2.24) is 9.88 Å². The Morgan fingerprint density at radius 1 is 1.17 bits per heavy atom. The second kappa shape index (κ2) is 11.6. The Bertz CT molecular complexity index is 1570. The largest absolute Gasteiger partial charge is 0.464 e. The number of nitrogens with one attached hydrogen (secondary N) is 1. The SMILES string of the molecule is CCOC(=O)[C@@H](OC(C)(C)C)c1c(C)cc2nc(-c3ccc(N)c(NC4CN(C)C4)c3)sc2c1-c1ccc(Cl)cc1. The maximum atomic E-state index is 13.4. The summed E-state index contributed by atoms with van der Waals surface area (Å²) in [5, 5.41) is 5.07. The van der Waals surface area contributed by atoms with Crippen LogP contribution in [0.1, 0.15) is 44.9 Å². The lowest BCUT2D eigenvalue weighted by atomic mass is 9.91. The number of halogens is 1. The number of likely N-dealkylation sites (N-methyl/N-ethyl adjacent to an activating group) is 1. The van der Waals surface area contributed by atoms with Crippen molar-refractivity contribution in [3.8, 4) is 21.7 Å². The van der Waals surface area contributed by atoms with Crippen LogP contribution in [0.4, 0.5) is 11.4 Å². The zero-order chi connectivity index (χ0) is 29.5. The molecule has 216 valence electrons. The van der Waals surface area contributed by atoms with E-state index in [0.717, 1.165) is 61.8 Å². The van der Waals surface area contributed by atoms with E-state index in [1.165, 1.54) is 0 Å². The third-order valence-corrected chi connectivity index (χ3v) is 8.41. The van der Waals surface area contributed by atoms with Crippen LogP contribution >= 0.6 is 22.9 Å². The monoisotopic (exact) mass is 592 g/mol. The Morgan fingerprint density at radius 3 is 2.49 bits per heavy atom. The Labute approximate surface area is 250 Å². The molecule has 0 amide bonds. The van der Waals surface area contributed by atoms with Gasteiger partial charge < -0.3 is 25.4 Å². The molecular weight excluding hydrogens is 556 g/mol. The van der Waals surface area contributed by atoms with Crippen LogP contribution < -0.4 is 11.1 Å². The molecule has 1 fully saturated rings. The van der Waals surface area contributed by atoms with E-state index in [-0.39, 0.29) is 6.61 Å². The highest BCUT2D eigenvalue weighted by Crippen LogP contribution is 2.45. The maximum absolute atomic E-state index is 13.4. The number of anilines is 2. The van der Waals surface area contributed by atoms with Crippen molar-refractivity contribution >= 4 is 50.5 Å². The maximum Gasteiger partial charge on any atom is 0.339 e. The highest BCUT2D eigenvalue weighted by atomic mass is 35.5. The number of fused-ring (bicyclic) bond motifs is 1. The number of thiazole rings is 1. The first-order chi connectivity index (χ1) is 19.4. The minimum Gasteiger partial charge on any atom is -0.464 e. The predicted molar refractivity (Wildman–Crippen MR) is 170 cm³/mol. The summed E-state index contributed by atoms with van der Waals surface area (Å²) in [6.45, 7) is 11.8. The molecule has 41 heavy (non-hydrogen) atoms. The van der Waals surface area contributed by atoms with E-state index >= 15 is 0 Å². The Hall–Kier alpha value is -3.17. The quantitative estimate of drug-likeness (QED) is 0.164. The molecule has 0 spiro atoms. The molecule has 0 bridgehead atoms. The summed E-state index contributed by atoms with van der Waals surface area (Å²) in [5.41, 5.74) is 12.7. The number of hydrogen-bond acceptors (Lipinski definition) is 8. The van der Waals surface area contributed by atoms with Gasteiger partial charge in [0.2, 0.25) is 0 Å². The molecule has 4 aromatic rings. The Balaban J connectivity index is 1.68. The average molecular weight is 593 g/mol. The van der Waals surface area contributed by atoms with Gasteiger partial charge in [0, 0.05) is 34.8 Å². The summed E-state index contributed by atoms with van der Waals surface area (Å²) < 4.78 is 12.9. The van der Waals surface area contributed by atoms with Crippen LogP contribution in [-0.4, -0.2) is 54.2 Å². The van der Waals surface area contributed by atoms with Gasteiger partial charge in [-0.3, -0.25) is 0 Å². The fourth-order valence-corrected chi connectivity index (χ4v) is 6.44. The van der Waals surface area contributed by atoms with Crippen LogP contribution in [-0.2, 0) is 14.3 Å². The van der Waals surface area contributed by atoms with E-state index < -0.39 is 17.7 Å². The predicted octanol–water partition coefficient (Wildman–Crippen LogP) is 7.32. The number of ether oxygens (including phenoxy) is 2. The van der Waals surface area contributed by atoms with E-state index in [9.17, 15) is 4.79 Å². The average Bonchev–Trinajstić information content (AvgIpc) is 3.30. The molecule has 1 saturated heterocycles. The number of aryl methyl sites for hydroxylation is 1. The van der Waals surface area contributed by atoms with Crippen molar-refractivity contribution in [3.63, 3.8) is 0 Å². The molecule has 2 heterocycles.